The minimum Gasteiger partial charge on any atom is -0.0925 e. The van der Waals surface area contributed by atoms with Gasteiger partial charge in [0.15, 0.2) is 0 Å². The molecule has 0 bridgehead atoms. The summed E-state index contributed by atoms with van der Waals surface area (Å²) in [6, 6.07) is 8.77. The molecule has 2 atom stereocenters. The van der Waals surface area contributed by atoms with Crippen LogP contribution in [0.2, 0.25) is 0 Å². The van der Waals surface area contributed by atoms with Crippen LogP contribution in [-0.4, -0.2) is 5.33 Å². The monoisotopic (exact) mass is 316 g/mol. The van der Waals surface area contributed by atoms with E-state index in [1.54, 1.807) is 0 Å². The molecule has 0 aromatic heterocycles. The second-order valence-electron chi connectivity index (χ2n) is 4.08. The van der Waals surface area contributed by atoms with Crippen molar-refractivity contribution < 1.29 is 0 Å². The zero-order chi connectivity index (χ0) is 10.2. The first-order valence-corrected chi connectivity index (χ1v) is 6.96. The average molecular weight is 318 g/mol. The standard InChI is InChI=1S/C12H14Br2/c1-2-12(7-10(12)8-13)9-4-3-5-11(14)6-9/h3-6,10H,2,7-8H2,1H3. The lowest BCUT2D eigenvalue weighted by Gasteiger charge is -2.15. The second-order valence-corrected chi connectivity index (χ2v) is 5.64. The number of rotatable bonds is 3. The molecule has 14 heavy (non-hydrogen) atoms. The zero-order valence-electron chi connectivity index (χ0n) is 8.26. The van der Waals surface area contributed by atoms with Crippen LogP contribution in [0, 0.1) is 5.92 Å². The molecule has 2 rings (SSSR count). The highest BCUT2D eigenvalue weighted by Crippen LogP contribution is 2.57. The van der Waals surface area contributed by atoms with Gasteiger partial charge >= 0.3 is 0 Å². The van der Waals surface area contributed by atoms with E-state index in [0.717, 1.165) is 11.2 Å². The lowest BCUT2D eigenvalue weighted by molar-refractivity contribution is 0.612. The van der Waals surface area contributed by atoms with Crippen molar-refractivity contribution in [3.8, 4) is 0 Å². The SMILES string of the molecule is CCC1(c2cccc(Br)c2)CC1CBr. The first kappa shape index (κ1) is 10.7. The summed E-state index contributed by atoms with van der Waals surface area (Å²) in [5.74, 6) is 0.835. The molecule has 0 aliphatic heterocycles. The van der Waals surface area contributed by atoms with E-state index in [0.29, 0.717) is 5.41 Å². The van der Waals surface area contributed by atoms with E-state index in [9.17, 15) is 0 Å². The molecule has 0 radical (unpaired) electrons. The predicted octanol–water partition coefficient (Wildman–Crippen LogP) is 4.51. The van der Waals surface area contributed by atoms with Gasteiger partial charge in [-0.2, -0.15) is 0 Å². The third-order valence-corrected chi connectivity index (χ3v) is 4.72. The van der Waals surface area contributed by atoms with Crippen LogP contribution in [0.5, 0.6) is 0 Å². The van der Waals surface area contributed by atoms with E-state index in [1.165, 1.54) is 22.9 Å². The van der Waals surface area contributed by atoms with E-state index in [4.69, 9.17) is 0 Å². The Bertz CT molecular complexity index is 335. The van der Waals surface area contributed by atoms with Gasteiger partial charge in [0.25, 0.3) is 0 Å². The van der Waals surface area contributed by atoms with E-state index in [2.05, 4.69) is 63.0 Å². The van der Waals surface area contributed by atoms with E-state index in [-0.39, 0.29) is 0 Å². The van der Waals surface area contributed by atoms with Gasteiger partial charge in [0.2, 0.25) is 0 Å². The summed E-state index contributed by atoms with van der Waals surface area (Å²) >= 11 is 7.14. The highest BCUT2D eigenvalue weighted by atomic mass is 79.9. The molecule has 0 heterocycles. The molecule has 0 N–H and O–H groups in total. The first-order chi connectivity index (χ1) is 6.73. The average Bonchev–Trinajstić information content (AvgIpc) is 2.93. The highest BCUT2D eigenvalue weighted by molar-refractivity contribution is 9.10. The minimum absolute atomic E-state index is 0.466. The molecule has 76 valence electrons. The Kier molecular flexibility index (Phi) is 3.03. The maximum Gasteiger partial charge on any atom is 0.0178 e. The van der Waals surface area contributed by atoms with Crippen LogP contribution < -0.4 is 0 Å². The molecule has 2 unspecified atom stereocenters. The summed E-state index contributed by atoms with van der Waals surface area (Å²) in [4.78, 5) is 0. The molecular weight excluding hydrogens is 304 g/mol. The van der Waals surface area contributed by atoms with Gasteiger partial charge in [-0.25, -0.2) is 0 Å². The van der Waals surface area contributed by atoms with Crippen molar-refractivity contribution in [1.29, 1.82) is 0 Å². The minimum atomic E-state index is 0.466. The third kappa shape index (κ3) is 1.67. The van der Waals surface area contributed by atoms with Gasteiger partial charge < -0.3 is 0 Å². The van der Waals surface area contributed by atoms with Crippen molar-refractivity contribution >= 4 is 31.9 Å². The lowest BCUT2D eigenvalue weighted by atomic mass is 9.91. The molecule has 0 saturated heterocycles. The number of hydrogen-bond acceptors (Lipinski definition) is 0. The van der Waals surface area contributed by atoms with Crippen molar-refractivity contribution in [1.82, 2.24) is 0 Å². The number of halogens is 2. The van der Waals surface area contributed by atoms with Crippen LogP contribution >= 0.6 is 31.9 Å². The Morgan fingerprint density at radius 2 is 2.29 bits per heavy atom. The number of benzene rings is 1. The first-order valence-electron chi connectivity index (χ1n) is 5.05. The summed E-state index contributed by atoms with van der Waals surface area (Å²) < 4.78 is 1.20. The van der Waals surface area contributed by atoms with Gasteiger partial charge in [0, 0.05) is 9.80 Å². The maximum atomic E-state index is 3.60. The largest absolute Gasteiger partial charge is 0.0925 e. The van der Waals surface area contributed by atoms with Gasteiger partial charge in [-0.15, -0.1) is 0 Å². The van der Waals surface area contributed by atoms with E-state index >= 15 is 0 Å². The summed E-state index contributed by atoms with van der Waals surface area (Å²) in [6.45, 7) is 2.30. The van der Waals surface area contributed by atoms with E-state index < -0.39 is 0 Å². The smallest absolute Gasteiger partial charge is 0.0178 e. The molecule has 1 aliphatic carbocycles. The zero-order valence-corrected chi connectivity index (χ0v) is 11.4. The molecule has 0 nitrogen and oxygen atoms in total. The maximum absolute atomic E-state index is 3.60. The lowest BCUT2D eigenvalue weighted by Crippen LogP contribution is -2.09. The van der Waals surface area contributed by atoms with Gasteiger partial charge in [0.1, 0.15) is 0 Å². The van der Waals surface area contributed by atoms with Gasteiger partial charge in [0.05, 0.1) is 0 Å². The molecule has 0 spiro atoms. The van der Waals surface area contributed by atoms with Crippen molar-refractivity contribution in [3.63, 3.8) is 0 Å². The Morgan fingerprint density at radius 1 is 1.50 bits per heavy atom. The molecule has 1 aromatic carbocycles. The second kappa shape index (κ2) is 3.97. The molecule has 0 amide bonds. The number of hydrogen-bond donors (Lipinski definition) is 0. The Morgan fingerprint density at radius 3 is 2.79 bits per heavy atom. The summed E-state index contributed by atoms with van der Waals surface area (Å²) in [5.41, 5.74) is 1.96. The van der Waals surface area contributed by atoms with E-state index in [1.807, 2.05) is 0 Å². The Balaban J connectivity index is 2.30. The fourth-order valence-corrected chi connectivity index (χ4v) is 3.62. The van der Waals surface area contributed by atoms with Crippen molar-refractivity contribution in [2.45, 2.75) is 25.2 Å². The molecule has 1 aliphatic rings. The summed E-state index contributed by atoms with van der Waals surface area (Å²) in [6.07, 6.45) is 2.59. The number of alkyl halides is 1. The van der Waals surface area contributed by atoms with Crippen LogP contribution in [-0.2, 0) is 5.41 Å². The third-order valence-electron chi connectivity index (χ3n) is 3.45. The van der Waals surface area contributed by atoms with Gasteiger partial charge in [-0.3, -0.25) is 0 Å². The molecule has 2 heteroatoms. The highest BCUT2D eigenvalue weighted by Gasteiger charge is 2.52. The quantitative estimate of drug-likeness (QED) is 0.719. The molecule has 1 saturated carbocycles. The topological polar surface area (TPSA) is 0 Å². The fraction of sp³-hybridized carbons (Fsp3) is 0.500. The van der Waals surface area contributed by atoms with Gasteiger partial charge in [-0.1, -0.05) is 50.9 Å². The van der Waals surface area contributed by atoms with Crippen molar-refractivity contribution in [2.24, 2.45) is 5.92 Å². The van der Waals surface area contributed by atoms with Crippen LogP contribution in [0.25, 0.3) is 0 Å². The van der Waals surface area contributed by atoms with Crippen LogP contribution in [0.4, 0.5) is 0 Å². The van der Waals surface area contributed by atoms with Gasteiger partial charge in [-0.05, 0) is 41.9 Å². The molecule has 1 aromatic rings. The van der Waals surface area contributed by atoms with Crippen LogP contribution in [0.3, 0.4) is 0 Å². The van der Waals surface area contributed by atoms with Crippen molar-refractivity contribution in [2.75, 3.05) is 5.33 Å². The fourth-order valence-electron chi connectivity index (χ4n) is 2.37. The molecule has 1 fully saturated rings. The molecular formula is C12H14Br2. The summed E-state index contributed by atoms with van der Waals surface area (Å²) in [7, 11) is 0. The predicted molar refractivity (Wildman–Crippen MR) is 68.0 cm³/mol. The van der Waals surface area contributed by atoms with Crippen molar-refractivity contribution in [3.05, 3.63) is 34.3 Å². The van der Waals surface area contributed by atoms with Crippen LogP contribution in [0.1, 0.15) is 25.3 Å². The Labute approximate surface area is 102 Å². The normalized spacial score (nSPS) is 30.4. The summed E-state index contributed by atoms with van der Waals surface area (Å²) in [5, 5.41) is 1.13. The van der Waals surface area contributed by atoms with Crippen LogP contribution in [0.15, 0.2) is 28.7 Å². The Hall–Kier alpha value is 0.180.